The van der Waals surface area contributed by atoms with Crippen molar-refractivity contribution in [1.29, 1.82) is 0 Å². The molecule has 0 spiro atoms. The Kier molecular flexibility index (Phi) is 2.23. The number of nitrogens with two attached hydrogens (primary N) is 1. The number of nitrogens with one attached hydrogen (secondary N) is 1. The molecule has 1 heterocycles. The van der Waals surface area contributed by atoms with Crippen LogP contribution in [-0.4, -0.2) is 12.1 Å². The maximum atomic E-state index is 12.0. The number of hydrogen-bond donors (Lipinski definition) is 2. The highest BCUT2D eigenvalue weighted by Gasteiger charge is 2.10. The molecule has 18 heavy (non-hydrogen) atoms. The Labute approximate surface area is 103 Å². The molecule has 1 aliphatic carbocycles. The molecule has 0 aromatic heterocycles. The van der Waals surface area contributed by atoms with Crippen LogP contribution in [0.25, 0.3) is 22.2 Å². The second-order valence-corrected chi connectivity index (χ2v) is 4.17. The van der Waals surface area contributed by atoms with Crippen molar-refractivity contribution in [2.45, 2.75) is 0 Å². The summed E-state index contributed by atoms with van der Waals surface area (Å²) >= 11 is 0. The average Bonchev–Trinajstić information content (AvgIpc) is 2.41. The second kappa shape index (κ2) is 3.77. The molecule has 0 saturated heterocycles. The van der Waals surface area contributed by atoms with Crippen molar-refractivity contribution in [3.05, 3.63) is 46.6 Å². The molecule has 1 aromatic carbocycles. The van der Waals surface area contributed by atoms with E-state index in [1.807, 2.05) is 30.3 Å². The summed E-state index contributed by atoms with van der Waals surface area (Å²) in [5, 5.41) is 0.921. The van der Waals surface area contributed by atoms with E-state index in [4.69, 9.17) is 10.5 Å². The fourth-order valence-corrected chi connectivity index (χ4v) is 2.07. The molecule has 0 saturated carbocycles. The van der Waals surface area contributed by atoms with E-state index in [1.165, 1.54) is 0 Å². The number of methoxy groups -OCH3 is 1. The first-order chi connectivity index (χ1) is 8.69. The molecule has 4 nitrogen and oxygen atoms in total. The second-order valence-electron chi connectivity index (χ2n) is 4.17. The summed E-state index contributed by atoms with van der Waals surface area (Å²) in [4.78, 5) is 15.2. The molecular weight excluding hydrogens is 228 g/mol. The number of pyridine rings is 1. The Morgan fingerprint density at radius 1 is 1.17 bits per heavy atom. The van der Waals surface area contributed by atoms with Gasteiger partial charge in [-0.1, -0.05) is 0 Å². The largest absolute Gasteiger partial charge is 0.497 e. The predicted octanol–water partition coefficient (Wildman–Crippen LogP) is 2.22. The Hall–Kier alpha value is -2.49. The van der Waals surface area contributed by atoms with Gasteiger partial charge in [0, 0.05) is 22.2 Å². The molecule has 0 unspecified atom stereocenters. The quantitative estimate of drug-likeness (QED) is 0.506. The van der Waals surface area contributed by atoms with Crippen LogP contribution in [0.15, 0.2) is 41.2 Å². The first kappa shape index (κ1) is 10.7. The molecule has 3 rings (SSSR count). The van der Waals surface area contributed by atoms with Gasteiger partial charge in [0.05, 0.1) is 12.8 Å². The Bertz CT molecular complexity index is 762. The van der Waals surface area contributed by atoms with Crippen molar-refractivity contribution in [3.8, 4) is 17.0 Å². The third-order valence-electron chi connectivity index (χ3n) is 3.05. The van der Waals surface area contributed by atoms with E-state index in [2.05, 4.69) is 4.98 Å². The lowest BCUT2D eigenvalue weighted by Gasteiger charge is -2.09. The van der Waals surface area contributed by atoms with Crippen molar-refractivity contribution in [1.82, 2.24) is 4.98 Å². The Morgan fingerprint density at radius 2 is 2.00 bits per heavy atom. The molecule has 90 valence electrons. The van der Waals surface area contributed by atoms with Crippen molar-refractivity contribution >= 4 is 16.6 Å². The summed E-state index contributed by atoms with van der Waals surface area (Å²) in [6, 6.07) is 11.0. The van der Waals surface area contributed by atoms with Gasteiger partial charge in [0.1, 0.15) is 5.75 Å². The number of hydrogen-bond acceptors (Lipinski definition) is 3. The molecule has 0 amide bonds. The molecule has 0 atom stereocenters. The van der Waals surface area contributed by atoms with Gasteiger partial charge in [-0.2, -0.15) is 0 Å². The molecule has 0 radical (unpaired) electrons. The van der Waals surface area contributed by atoms with Crippen molar-refractivity contribution in [3.63, 3.8) is 0 Å². The van der Waals surface area contributed by atoms with Gasteiger partial charge in [-0.25, -0.2) is 0 Å². The molecule has 3 N–H and O–H groups in total. The number of nitrogen functional groups attached to an aromatic ring is 1. The zero-order valence-corrected chi connectivity index (χ0v) is 9.86. The predicted molar refractivity (Wildman–Crippen MR) is 72.2 cm³/mol. The fraction of sp³-hybridized carbons (Fsp3) is 0.0714. The molecule has 0 bridgehead atoms. The highest BCUT2D eigenvalue weighted by Crippen LogP contribution is 2.25. The van der Waals surface area contributed by atoms with Crippen LogP contribution in [0.5, 0.6) is 5.75 Å². The Morgan fingerprint density at radius 3 is 2.78 bits per heavy atom. The maximum Gasteiger partial charge on any atom is 0.210 e. The number of anilines is 1. The van der Waals surface area contributed by atoms with Crippen LogP contribution in [-0.2, 0) is 0 Å². The van der Waals surface area contributed by atoms with E-state index in [9.17, 15) is 4.79 Å². The van der Waals surface area contributed by atoms with Gasteiger partial charge in [0.15, 0.2) is 0 Å². The lowest BCUT2D eigenvalue weighted by atomic mass is 10.0. The topological polar surface area (TPSA) is 68.1 Å². The highest BCUT2D eigenvalue weighted by atomic mass is 16.5. The molecule has 4 heteroatoms. The van der Waals surface area contributed by atoms with Gasteiger partial charge in [-0.3, -0.25) is 4.79 Å². The number of H-pyrrole nitrogens is 1. The zero-order chi connectivity index (χ0) is 12.7. The van der Waals surface area contributed by atoms with Crippen LogP contribution < -0.4 is 15.9 Å². The van der Waals surface area contributed by atoms with E-state index in [0.29, 0.717) is 5.56 Å². The van der Waals surface area contributed by atoms with Crippen LogP contribution in [0, 0.1) is 0 Å². The summed E-state index contributed by atoms with van der Waals surface area (Å²) in [7, 11) is 1.61. The molecule has 2 aliphatic rings. The number of rotatable bonds is 1. The third kappa shape index (κ3) is 1.50. The SMILES string of the molecule is COc1ccc2[nH]c3ccc(N)c(=O)c-3cc2c1. The van der Waals surface area contributed by atoms with E-state index in [1.54, 1.807) is 13.2 Å². The smallest absolute Gasteiger partial charge is 0.210 e. The van der Waals surface area contributed by atoms with Crippen molar-refractivity contribution in [2.75, 3.05) is 12.8 Å². The monoisotopic (exact) mass is 240 g/mol. The van der Waals surface area contributed by atoms with E-state index >= 15 is 0 Å². The minimum absolute atomic E-state index is 0.145. The Balaban J connectivity index is 2.42. The molecule has 0 fully saturated rings. The number of fused-ring (bicyclic) bond motifs is 2. The van der Waals surface area contributed by atoms with Crippen LogP contribution in [0.3, 0.4) is 0 Å². The average molecular weight is 240 g/mol. The maximum absolute atomic E-state index is 12.0. The highest BCUT2D eigenvalue weighted by molar-refractivity contribution is 5.87. The number of ether oxygens (including phenoxy) is 1. The first-order valence-electron chi connectivity index (χ1n) is 5.58. The lowest BCUT2D eigenvalue weighted by Crippen LogP contribution is -2.11. The number of aromatic amines is 1. The first-order valence-corrected chi connectivity index (χ1v) is 5.58. The minimum atomic E-state index is -0.145. The van der Waals surface area contributed by atoms with Gasteiger partial charge < -0.3 is 15.5 Å². The van der Waals surface area contributed by atoms with Gasteiger partial charge in [-0.15, -0.1) is 0 Å². The summed E-state index contributed by atoms with van der Waals surface area (Å²) in [6.45, 7) is 0. The summed E-state index contributed by atoms with van der Waals surface area (Å²) in [5.41, 5.74) is 8.08. The van der Waals surface area contributed by atoms with Gasteiger partial charge in [0.25, 0.3) is 0 Å². The van der Waals surface area contributed by atoms with Crippen molar-refractivity contribution in [2.24, 2.45) is 0 Å². The summed E-state index contributed by atoms with van der Waals surface area (Å²) < 4.78 is 5.17. The molecular formula is C14H12N2O2. The van der Waals surface area contributed by atoms with Crippen LogP contribution in [0.4, 0.5) is 5.69 Å². The van der Waals surface area contributed by atoms with Gasteiger partial charge >= 0.3 is 0 Å². The van der Waals surface area contributed by atoms with Gasteiger partial charge in [-0.05, 0) is 36.4 Å². The van der Waals surface area contributed by atoms with Gasteiger partial charge in [0.2, 0.25) is 5.43 Å². The number of aromatic nitrogens is 1. The van der Waals surface area contributed by atoms with Crippen LogP contribution >= 0.6 is 0 Å². The van der Waals surface area contributed by atoms with E-state index < -0.39 is 0 Å². The van der Waals surface area contributed by atoms with E-state index in [-0.39, 0.29) is 11.1 Å². The minimum Gasteiger partial charge on any atom is -0.497 e. The zero-order valence-electron chi connectivity index (χ0n) is 9.86. The van der Waals surface area contributed by atoms with E-state index in [0.717, 1.165) is 22.3 Å². The summed E-state index contributed by atoms with van der Waals surface area (Å²) in [5.74, 6) is 0.756. The number of benzene rings is 2. The fourth-order valence-electron chi connectivity index (χ4n) is 2.07. The van der Waals surface area contributed by atoms with Crippen LogP contribution in [0.1, 0.15) is 0 Å². The normalized spacial score (nSPS) is 10.9. The molecule has 1 aliphatic heterocycles. The third-order valence-corrected chi connectivity index (χ3v) is 3.05. The summed E-state index contributed by atoms with van der Waals surface area (Å²) in [6.07, 6.45) is 0. The van der Waals surface area contributed by atoms with Crippen molar-refractivity contribution < 1.29 is 4.74 Å². The lowest BCUT2D eigenvalue weighted by molar-refractivity contribution is 0.415. The standard InChI is InChI=1S/C14H12N2O2/c1-18-9-2-4-12-8(6-9)7-10-13(16-12)5-3-11(15)14(10)17/h2-7,16H,15H2,1H3. The van der Waals surface area contributed by atoms with Crippen LogP contribution in [0.2, 0.25) is 0 Å². The molecule has 1 aromatic rings.